The third-order valence-electron chi connectivity index (χ3n) is 5.91. The number of benzene rings is 5. The predicted octanol–water partition coefficient (Wildman–Crippen LogP) is 8.22. The zero-order valence-electron chi connectivity index (χ0n) is 19.5. The van der Waals surface area contributed by atoms with Crippen molar-refractivity contribution in [2.75, 3.05) is 0 Å². The summed E-state index contributed by atoms with van der Waals surface area (Å²) < 4.78 is 12.7. The fraction of sp³-hybridized carbons (Fsp3) is 0. The lowest BCUT2D eigenvalue weighted by molar-refractivity contribution is 0.0737. The maximum Gasteiger partial charge on any atom is 0.344 e. The number of carbonyl (C=O) groups excluding carboxylic acids is 1. The first-order valence-electron chi connectivity index (χ1n) is 11.6. The standard InChI is InChI=1S/C31H19IN2O3/c32-23-8-3-7-22(17-23)30-34-28-18-24(13-16-29(28)37-30)33-19-20-11-14-25(15-12-20)36-31(35)27-10-4-6-21-5-1-2-9-26(21)27/h1-19H. The van der Waals surface area contributed by atoms with E-state index in [1.807, 2.05) is 91.0 Å². The van der Waals surface area contributed by atoms with Crippen molar-refractivity contribution in [1.82, 2.24) is 4.98 Å². The number of ether oxygens (including phenoxy) is 1. The largest absolute Gasteiger partial charge is 0.436 e. The molecule has 6 aromatic rings. The number of halogens is 1. The molecule has 0 unspecified atom stereocenters. The van der Waals surface area contributed by atoms with Gasteiger partial charge in [0.2, 0.25) is 5.89 Å². The molecule has 178 valence electrons. The Morgan fingerprint density at radius 3 is 2.54 bits per heavy atom. The van der Waals surface area contributed by atoms with E-state index in [4.69, 9.17) is 9.15 Å². The predicted molar refractivity (Wildman–Crippen MR) is 155 cm³/mol. The maximum absolute atomic E-state index is 12.8. The summed E-state index contributed by atoms with van der Waals surface area (Å²) >= 11 is 2.27. The Morgan fingerprint density at radius 2 is 1.68 bits per heavy atom. The smallest absolute Gasteiger partial charge is 0.344 e. The average Bonchev–Trinajstić information content (AvgIpc) is 3.36. The van der Waals surface area contributed by atoms with Gasteiger partial charge in [-0.25, -0.2) is 9.78 Å². The summed E-state index contributed by atoms with van der Waals surface area (Å²) in [5.74, 6) is 0.675. The number of fused-ring (bicyclic) bond motifs is 2. The van der Waals surface area contributed by atoms with Gasteiger partial charge in [-0.05, 0) is 106 Å². The molecule has 0 saturated heterocycles. The molecular formula is C31H19IN2O3. The van der Waals surface area contributed by atoms with Crippen LogP contribution in [0.15, 0.2) is 119 Å². The molecule has 5 aromatic carbocycles. The molecule has 0 aliphatic rings. The Hall–Kier alpha value is -4.30. The number of aromatic nitrogens is 1. The van der Waals surface area contributed by atoms with Gasteiger partial charge in [0.25, 0.3) is 0 Å². The third-order valence-corrected chi connectivity index (χ3v) is 6.58. The van der Waals surface area contributed by atoms with E-state index in [2.05, 4.69) is 32.6 Å². The van der Waals surface area contributed by atoms with Gasteiger partial charge in [-0.3, -0.25) is 4.99 Å². The molecule has 5 nitrogen and oxygen atoms in total. The minimum atomic E-state index is -0.385. The van der Waals surface area contributed by atoms with Crippen LogP contribution in [0.4, 0.5) is 5.69 Å². The van der Waals surface area contributed by atoms with E-state index in [-0.39, 0.29) is 5.97 Å². The van der Waals surface area contributed by atoms with Crippen LogP contribution in [0.25, 0.3) is 33.3 Å². The summed E-state index contributed by atoms with van der Waals surface area (Å²) in [5, 5.41) is 1.87. The molecule has 0 spiro atoms. The zero-order valence-corrected chi connectivity index (χ0v) is 21.6. The summed E-state index contributed by atoms with van der Waals surface area (Å²) in [7, 11) is 0. The van der Waals surface area contributed by atoms with Crippen LogP contribution in [0, 0.1) is 3.57 Å². The second-order valence-electron chi connectivity index (χ2n) is 8.42. The Kier molecular flexibility index (Phi) is 6.24. The molecule has 0 atom stereocenters. The molecule has 0 radical (unpaired) electrons. The molecule has 6 rings (SSSR count). The first kappa shape index (κ1) is 23.1. The summed E-state index contributed by atoms with van der Waals surface area (Å²) in [6.07, 6.45) is 1.76. The molecule has 0 fully saturated rings. The van der Waals surface area contributed by atoms with Crippen LogP contribution in [0.1, 0.15) is 15.9 Å². The van der Waals surface area contributed by atoms with Crippen molar-refractivity contribution in [3.05, 3.63) is 124 Å². The minimum absolute atomic E-state index is 0.385. The van der Waals surface area contributed by atoms with E-state index in [1.54, 1.807) is 24.4 Å². The Bertz CT molecular complexity index is 1780. The van der Waals surface area contributed by atoms with Crippen molar-refractivity contribution in [1.29, 1.82) is 0 Å². The summed E-state index contributed by atoms with van der Waals surface area (Å²) in [4.78, 5) is 22.0. The fourth-order valence-electron chi connectivity index (χ4n) is 4.08. The van der Waals surface area contributed by atoms with Crippen molar-refractivity contribution < 1.29 is 13.9 Å². The highest BCUT2D eigenvalue weighted by atomic mass is 127. The van der Waals surface area contributed by atoms with E-state index in [1.165, 1.54) is 0 Å². The summed E-state index contributed by atoms with van der Waals surface area (Å²) in [6, 6.07) is 34.3. The fourth-order valence-corrected chi connectivity index (χ4v) is 4.62. The Labute approximate surface area is 226 Å². The molecule has 6 heteroatoms. The van der Waals surface area contributed by atoms with Crippen LogP contribution in [0.5, 0.6) is 5.75 Å². The number of hydrogen-bond donors (Lipinski definition) is 0. The van der Waals surface area contributed by atoms with Crippen molar-refractivity contribution in [3.8, 4) is 17.2 Å². The zero-order chi connectivity index (χ0) is 25.2. The first-order chi connectivity index (χ1) is 18.1. The van der Waals surface area contributed by atoms with Gasteiger partial charge in [0.05, 0.1) is 11.3 Å². The van der Waals surface area contributed by atoms with Gasteiger partial charge in [-0.15, -0.1) is 0 Å². The molecular weight excluding hydrogens is 575 g/mol. The minimum Gasteiger partial charge on any atom is -0.436 e. The second-order valence-corrected chi connectivity index (χ2v) is 9.67. The second kappa shape index (κ2) is 9.99. The topological polar surface area (TPSA) is 64.7 Å². The molecule has 37 heavy (non-hydrogen) atoms. The van der Waals surface area contributed by atoms with E-state index in [0.717, 1.165) is 36.7 Å². The van der Waals surface area contributed by atoms with Gasteiger partial charge in [0.15, 0.2) is 5.58 Å². The highest BCUT2D eigenvalue weighted by molar-refractivity contribution is 14.1. The highest BCUT2D eigenvalue weighted by Gasteiger charge is 2.12. The number of aliphatic imine (C=N–C) groups is 1. The molecule has 1 heterocycles. The quantitative estimate of drug-likeness (QED) is 0.0874. The van der Waals surface area contributed by atoms with Crippen LogP contribution in [0.2, 0.25) is 0 Å². The molecule has 0 aliphatic carbocycles. The molecule has 0 aliphatic heterocycles. The Morgan fingerprint density at radius 1 is 0.865 bits per heavy atom. The number of carbonyl (C=O) groups is 1. The number of rotatable bonds is 5. The van der Waals surface area contributed by atoms with Crippen LogP contribution in [-0.4, -0.2) is 17.2 Å². The normalized spacial score (nSPS) is 11.4. The average molecular weight is 594 g/mol. The van der Waals surface area contributed by atoms with Crippen molar-refractivity contribution >= 4 is 62.3 Å². The van der Waals surface area contributed by atoms with Crippen molar-refractivity contribution in [2.24, 2.45) is 4.99 Å². The molecule has 0 N–H and O–H groups in total. The molecule has 0 bridgehead atoms. The first-order valence-corrected chi connectivity index (χ1v) is 12.7. The van der Waals surface area contributed by atoms with Crippen LogP contribution in [0.3, 0.4) is 0 Å². The number of hydrogen-bond acceptors (Lipinski definition) is 5. The van der Waals surface area contributed by atoms with Gasteiger partial charge in [0.1, 0.15) is 11.3 Å². The maximum atomic E-state index is 12.8. The highest BCUT2D eigenvalue weighted by Crippen LogP contribution is 2.28. The van der Waals surface area contributed by atoms with E-state index in [0.29, 0.717) is 22.8 Å². The molecule has 1 aromatic heterocycles. The lowest BCUT2D eigenvalue weighted by Gasteiger charge is -2.07. The lowest BCUT2D eigenvalue weighted by atomic mass is 10.0. The van der Waals surface area contributed by atoms with E-state index in [9.17, 15) is 4.79 Å². The van der Waals surface area contributed by atoms with Crippen LogP contribution >= 0.6 is 22.6 Å². The van der Waals surface area contributed by atoms with Crippen molar-refractivity contribution in [3.63, 3.8) is 0 Å². The van der Waals surface area contributed by atoms with Gasteiger partial charge in [0, 0.05) is 15.3 Å². The summed E-state index contributed by atoms with van der Waals surface area (Å²) in [6.45, 7) is 0. The van der Waals surface area contributed by atoms with Crippen LogP contribution < -0.4 is 4.74 Å². The summed E-state index contributed by atoms with van der Waals surface area (Å²) in [5.41, 5.74) is 4.59. The molecule has 0 amide bonds. The Balaban J connectivity index is 1.16. The van der Waals surface area contributed by atoms with Crippen molar-refractivity contribution in [2.45, 2.75) is 0 Å². The van der Waals surface area contributed by atoms with Crippen LogP contribution in [-0.2, 0) is 0 Å². The lowest BCUT2D eigenvalue weighted by Crippen LogP contribution is -2.09. The van der Waals surface area contributed by atoms with Gasteiger partial charge >= 0.3 is 5.97 Å². The van der Waals surface area contributed by atoms with E-state index >= 15 is 0 Å². The van der Waals surface area contributed by atoms with E-state index < -0.39 is 0 Å². The number of oxazole rings is 1. The molecule has 0 saturated carbocycles. The van der Waals surface area contributed by atoms with Gasteiger partial charge in [-0.2, -0.15) is 0 Å². The number of nitrogens with zero attached hydrogens (tertiary/aromatic N) is 2. The third kappa shape index (κ3) is 5.01. The SMILES string of the molecule is O=C(Oc1ccc(C=Nc2ccc3oc(-c4cccc(I)c4)nc3c2)cc1)c1cccc2ccccc12. The monoisotopic (exact) mass is 594 g/mol. The van der Waals surface area contributed by atoms with Gasteiger partial charge < -0.3 is 9.15 Å². The van der Waals surface area contributed by atoms with Gasteiger partial charge in [-0.1, -0.05) is 42.5 Å². The number of esters is 1.